The Labute approximate surface area is 205 Å². The van der Waals surface area contributed by atoms with Crippen molar-refractivity contribution in [3.05, 3.63) is 95.6 Å². The Hall–Kier alpha value is -3.38. The van der Waals surface area contributed by atoms with E-state index < -0.39 is 0 Å². The minimum absolute atomic E-state index is 0.00135. The summed E-state index contributed by atoms with van der Waals surface area (Å²) in [6.07, 6.45) is 1.84. The second kappa shape index (κ2) is 11.2. The van der Waals surface area contributed by atoms with Gasteiger partial charge in [-0.05, 0) is 62.4 Å². The maximum Gasteiger partial charge on any atom is 0.230 e. The molecule has 1 N–H and O–H groups in total. The van der Waals surface area contributed by atoms with Gasteiger partial charge in [0, 0.05) is 11.6 Å². The molecule has 0 aliphatic rings. The molecule has 4 aromatic rings. The van der Waals surface area contributed by atoms with E-state index in [1.54, 1.807) is 0 Å². The number of carbonyl (C=O) groups is 1. The number of aromatic nitrogens is 3. The van der Waals surface area contributed by atoms with Gasteiger partial charge in [-0.2, -0.15) is 0 Å². The monoisotopic (exact) mass is 470 g/mol. The molecule has 0 saturated heterocycles. The van der Waals surface area contributed by atoms with Crippen LogP contribution in [-0.4, -0.2) is 32.5 Å². The summed E-state index contributed by atoms with van der Waals surface area (Å²) in [4.78, 5) is 12.7. The van der Waals surface area contributed by atoms with Crippen LogP contribution in [0.15, 0.2) is 84.0 Å². The molecule has 174 valence electrons. The third kappa shape index (κ3) is 5.94. The molecule has 1 heterocycles. The van der Waals surface area contributed by atoms with Crippen LogP contribution in [0.1, 0.15) is 30.0 Å². The quantitative estimate of drug-likeness (QED) is 0.315. The highest BCUT2D eigenvalue weighted by molar-refractivity contribution is 7.99. The Balaban J connectivity index is 1.46. The van der Waals surface area contributed by atoms with E-state index in [9.17, 15) is 4.79 Å². The molecular weight excluding hydrogens is 440 g/mol. The van der Waals surface area contributed by atoms with Crippen LogP contribution in [0.3, 0.4) is 0 Å². The molecule has 0 fully saturated rings. The first kappa shape index (κ1) is 23.8. The van der Waals surface area contributed by atoms with Crippen LogP contribution >= 0.6 is 11.8 Å². The fourth-order valence-corrected chi connectivity index (χ4v) is 4.54. The highest BCUT2D eigenvalue weighted by atomic mass is 32.2. The number of hydrogen-bond acceptors (Lipinski definition) is 4. The largest absolute Gasteiger partial charge is 0.353 e. The molecule has 1 amide bonds. The molecule has 3 aromatic carbocycles. The number of amides is 1. The van der Waals surface area contributed by atoms with Crippen LogP contribution in [0.2, 0.25) is 0 Å². The Morgan fingerprint density at radius 1 is 0.941 bits per heavy atom. The lowest BCUT2D eigenvalue weighted by atomic mass is 10.1. The van der Waals surface area contributed by atoms with Gasteiger partial charge in [-0.3, -0.25) is 9.36 Å². The molecule has 0 radical (unpaired) electrons. The summed E-state index contributed by atoms with van der Waals surface area (Å²) in [5, 5.41) is 12.7. The second-order valence-corrected chi connectivity index (χ2v) is 9.50. The summed E-state index contributed by atoms with van der Waals surface area (Å²) in [5.41, 5.74) is 5.69. The molecular formula is C28H30N4OS. The fourth-order valence-electron chi connectivity index (χ4n) is 3.78. The molecule has 0 spiro atoms. The van der Waals surface area contributed by atoms with E-state index in [0.717, 1.165) is 29.9 Å². The van der Waals surface area contributed by atoms with Gasteiger partial charge < -0.3 is 5.32 Å². The van der Waals surface area contributed by atoms with E-state index in [1.807, 2.05) is 53.1 Å². The van der Waals surface area contributed by atoms with Gasteiger partial charge in [0.05, 0.1) is 11.4 Å². The highest BCUT2D eigenvalue weighted by Crippen LogP contribution is 2.28. The Bertz CT molecular complexity index is 1240. The minimum Gasteiger partial charge on any atom is -0.353 e. The molecule has 1 aromatic heterocycles. The lowest BCUT2D eigenvalue weighted by Crippen LogP contribution is -2.34. The van der Waals surface area contributed by atoms with Gasteiger partial charge >= 0.3 is 0 Å². The maximum absolute atomic E-state index is 12.7. The van der Waals surface area contributed by atoms with E-state index in [1.165, 1.54) is 28.5 Å². The summed E-state index contributed by atoms with van der Waals surface area (Å²) in [5.74, 6) is 1.05. The summed E-state index contributed by atoms with van der Waals surface area (Å²) in [6.45, 7) is 6.25. The zero-order valence-electron chi connectivity index (χ0n) is 19.9. The first-order valence-electron chi connectivity index (χ1n) is 11.6. The van der Waals surface area contributed by atoms with Crippen molar-refractivity contribution >= 4 is 17.7 Å². The maximum atomic E-state index is 12.7. The first-order chi connectivity index (χ1) is 16.5. The van der Waals surface area contributed by atoms with Crippen molar-refractivity contribution in [1.29, 1.82) is 0 Å². The summed E-state index contributed by atoms with van der Waals surface area (Å²) < 4.78 is 2.04. The zero-order valence-corrected chi connectivity index (χ0v) is 20.7. The molecule has 34 heavy (non-hydrogen) atoms. The highest BCUT2D eigenvalue weighted by Gasteiger charge is 2.18. The Morgan fingerprint density at radius 2 is 1.65 bits per heavy atom. The van der Waals surface area contributed by atoms with Gasteiger partial charge in [-0.25, -0.2) is 0 Å². The van der Waals surface area contributed by atoms with Crippen LogP contribution in [0.4, 0.5) is 0 Å². The number of hydrogen-bond donors (Lipinski definition) is 1. The van der Waals surface area contributed by atoms with Gasteiger partial charge in [0.15, 0.2) is 11.0 Å². The van der Waals surface area contributed by atoms with Crippen molar-refractivity contribution in [2.24, 2.45) is 0 Å². The molecule has 0 saturated carbocycles. The van der Waals surface area contributed by atoms with Gasteiger partial charge in [0.25, 0.3) is 0 Å². The van der Waals surface area contributed by atoms with Crippen LogP contribution in [0, 0.1) is 13.8 Å². The first-order valence-corrected chi connectivity index (χ1v) is 12.5. The SMILES string of the molecule is Cc1ccc(-n2c(SCC(=O)N[C@H](C)CCc3ccccc3)nnc2-c2ccccc2)cc1C. The zero-order chi connectivity index (χ0) is 23.9. The van der Waals surface area contributed by atoms with Gasteiger partial charge in [-0.1, -0.05) is 78.5 Å². The number of rotatable bonds is 9. The summed E-state index contributed by atoms with van der Waals surface area (Å²) in [6, 6.07) is 26.8. The Kier molecular flexibility index (Phi) is 7.80. The van der Waals surface area contributed by atoms with Crippen molar-refractivity contribution < 1.29 is 4.79 Å². The average molecular weight is 471 g/mol. The molecule has 1 atom stereocenters. The molecule has 0 aliphatic carbocycles. The number of nitrogens with one attached hydrogen (secondary N) is 1. The van der Waals surface area contributed by atoms with Gasteiger partial charge in [-0.15, -0.1) is 10.2 Å². The normalized spacial score (nSPS) is 11.9. The molecule has 5 nitrogen and oxygen atoms in total. The van der Waals surface area contributed by atoms with E-state index in [-0.39, 0.29) is 17.7 Å². The topological polar surface area (TPSA) is 59.8 Å². The van der Waals surface area contributed by atoms with Crippen molar-refractivity contribution in [2.75, 3.05) is 5.75 Å². The predicted molar refractivity (Wildman–Crippen MR) is 139 cm³/mol. The second-order valence-electron chi connectivity index (χ2n) is 8.56. The standard InChI is InChI=1S/C28H30N4OS/c1-20-14-17-25(18-21(20)2)32-27(24-12-8-5-9-13-24)30-31-28(32)34-19-26(33)29-22(3)15-16-23-10-6-4-7-11-23/h4-14,17-18,22H,15-16,19H2,1-3H3,(H,29,33)/t22-/m1/s1. The van der Waals surface area contributed by atoms with Crippen molar-refractivity contribution in [1.82, 2.24) is 20.1 Å². The lowest BCUT2D eigenvalue weighted by molar-refractivity contribution is -0.119. The summed E-state index contributed by atoms with van der Waals surface area (Å²) >= 11 is 1.41. The molecule has 0 unspecified atom stereocenters. The molecule has 0 bridgehead atoms. The minimum atomic E-state index is 0.00135. The summed E-state index contributed by atoms with van der Waals surface area (Å²) in [7, 11) is 0. The predicted octanol–water partition coefficient (Wildman–Crippen LogP) is 5.78. The molecule has 0 aliphatic heterocycles. The van der Waals surface area contributed by atoms with Crippen LogP contribution in [-0.2, 0) is 11.2 Å². The number of carbonyl (C=O) groups excluding carboxylic acids is 1. The third-order valence-corrected chi connectivity index (χ3v) is 6.79. The van der Waals surface area contributed by atoms with E-state index in [0.29, 0.717) is 5.16 Å². The van der Waals surface area contributed by atoms with E-state index in [4.69, 9.17) is 0 Å². The Morgan fingerprint density at radius 3 is 2.35 bits per heavy atom. The number of aryl methyl sites for hydroxylation is 3. The molecule has 6 heteroatoms. The smallest absolute Gasteiger partial charge is 0.230 e. The molecule has 4 rings (SSSR count). The van der Waals surface area contributed by atoms with Gasteiger partial charge in [0.1, 0.15) is 0 Å². The van der Waals surface area contributed by atoms with Crippen molar-refractivity contribution in [2.45, 2.75) is 44.8 Å². The fraction of sp³-hybridized carbons (Fsp3) is 0.250. The van der Waals surface area contributed by atoms with Crippen LogP contribution < -0.4 is 5.32 Å². The van der Waals surface area contributed by atoms with Crippen LogP contribution in [0.5, 0.6) is 0 Å². The number of benzene rings is 3. The number of thioether (sulfide) groups is 1. The van der Waals surface area contributed by atoms with E-state index >= 15 is 0 Å². The van der Waals surface area contributed by atoms with E-state index in [2.05, 4.69) is 66.6 Å². The average Bonchev–Trinajstić information content (AvgIpc) is 3.28. The third-order valence-electron chi connectivity index (χ3n) is 5.86. The number of nitrogens with zero attached hydrogens (tertiary/aromatic N) is 3. The lowest BCUT2D eigenvalue weighted by Gasteiger charge is -2.14. The van der Waals surface area contributed by atoms with Crippen molar-refractivity contribution in [3.8, 4) is 17.1 Å². The van der Waals surface area contributed by atoms with Crippen LogP contribution in [0.25, 0.3) is 17.1 Å². The van der Waals surface area contributed by atoms with Gasteiger partial charge in [0.2, 0.25) is 5.91 Å². The van der Waals surface area contributed by atoms with Crippen molar-refractivity contribution in [3.63, 3.8) is 0 Å².